The molecule has 146 valence electrons. The third-order valence-corrected chi connectivity index (χ3v) is 5.56. The monoisotopic (exact) mass is 389 g/mol. The van der Waals surface area contributed by atoms with Crippen LogP contribution in [0, 0.1) is 5.92 Å². The zero-order valence-electron chi connectivity index (χ0n) is 16.3. The summed E-state index contributed by atoms with van der Waals surface area (Å²) in [4.78, 5) is 25.8. The number of carbonyl (C=O) groups is 2. The second kappa shape index (κ2) is 10.2. The van der Waals surface area contributed by atoms with E-state index in [0.29, 0.717) is 23.5 Å². The molecule has 1 heterocycles. The fraction of sp³-hybridized carbons (Fsp3) is 0.429. The molecule has 1 atom stereocenters. The van der Waals surface area contributed by atoms with Gasteiger partial charge in [0.15, 0.2) is 0 Å². The zero-order valence-corrected chi connectivity index (χ0v) is 17.2. The molecule has 0 aliphatic carbocycles. The molecule has 6 heteroatoms. The molecule has 1 unspecified atom stereocenters. The molecule has 0 spiro atoms. The summed E-state index contributed by atoms with van der Waals surface area (Å²) in [7, 11) is 1.34. The molecular formula is C21H27NO4S. The number of methoxy groups -OCH3 is 1. The van der Waals surface area contributed by atoms with Crippen LogP contribution in [0.3, 0.4) is 0 Å². The van der Waals surface area contributed by atoms with Crippen LogP contribution >= 0.6 is 11.8 Å². The van der Waals surface area contributed by atoms with E-state index < -0.39 is 5.97 Å². The fourth-order valence-corrected chi connectivity index (χ4v) is 4.07. The van der Waals surface area contributed by atoms with E-state index in [1.165, 1.54) is 12.0 Å². The van der Waals surface area contributed by atoms with Crippen molar-refractivity contribution in [1.29, 1.82) is 0 Å². The third-order valence-electron chi connectivity index (χ3n) is 4.46. The van der Waals surface area contributed by atoms with Crippen LogP contribution < -0.4 is 5.32 Å². The van der Waals surface area contributed by atoms with E-state index in [-0.39, 0.29) is 11.9 Å². The second-order valence-electron chi connectivity index (χ2n) is 6.42. The molecule has 0 saturated carbocycles. The van der Waals surface area contributed by atoms with Crippen LogP contribution in [-0.4, -0.2) is 31.4 Å². The van der Waals surface area contributed by atoms with Gasteiger partial charge in [0.25, 0.3) is 0 Å². The Morgan fingerprint density at radius 1 is 1.04 bits per heavy atom. The smallest absolute Gasteiger partial charge is 0.336 e. The van der Waals surface area contributed by atoms with E-state index in [2.05, 4.69) is 17.4 Å². The molecule has 0 radical (unpaired) electrons. The number of ether oxygens (including phenoxy) is 2. The summed E-state index contributed by atoms with van der Waals surface area (Å²) in [6.45, 7) is 5.82. The van der Waals surface area contributed by atoms with Crippen molar-refractivity contribution in [2.75, 3.05) is 19.5 Å². The van der Waals surface area contributed by atoms with Crippen LogP contribution in [0.2, 0.25) is 0 Å². The Morgan fingerprint density at radius 3 is 2.30 bits per heavy atom. The van der Waals surface area contributed by atoms with Crippen LogP contribution in [0.15, 0.2) is 57.8 Å². The van der Waals surface area contributed by atoms with E-state index in [9.17, 15) is 9.59 Å². The summed E-state index contributed by atoms with van der Waals surface area (Å²) in [5, 5.41) is 3.09. The molecule has 1 aromatic carbocycles. The van der Waals surface area contributed by atoms with Gasteiger partial charge in [-0.3, -0.25) is 0 Å². The Kier molecular flexibility index (Phi) is 7.98. The Bertz CT molecular complexity index is 740. The van der Waals surface area contributed by atoms with Crippen molar-refractivity contribution in [3.8, 4) is 0 Å². The lowest BCUT2D eigenvalue weighted by Crippen LogP contribution is -2.32. The van der Waals surface area contributed by atoms with E-state index in [1.54, 1.807) is 18.7 Å². The largest absolute Gasteiger partial charge is 0.466 e. The average molecular weight is 390 g/mol. The number of hydrogen-bond acceptors (Lipinski definition) is 6. The van der Waals surface area contributed by atoms with Crippen molar-refractivity contribution < 1.29 is 19.1 Å². The summed E-state index contributed by atoms with van der Waals surface area (Å²) < 4.78 is 10.3. The number of thioether (sulfide) groups is 1. The van der Waals surface area contributed by atoms with Crippen LogP contribution in [0.5, 0.6) is 0 Å². The Balaban J connectivity index is 1.81. The molecule has 1 aliphatic rings. The summed E-state index contributed by atoms with van der Waals surface area (Å²) in [5.41, 5.74) is 2.38. The van der Waals surface area contributed by atoms with Gasteiger partial charge in [0.05, 0.1) is 24.9 Å². The SMILES string of the molecule is COC(=O)C1=C(C)NC(C)=C(C(=O)OCCCCSc2ccccc2)C1C. The number of esters is 2. The van der Waals surface area contributed by atoms with Crippen LogP contribution in [0.4, 0.5) is 0 Å². The highest BCUT2D eigenvalue weighted by Crippen LogP contribution is 2.30. The molecule has 0 bridgehead atoms. The summed E-state index contributed by atoms with van der Waals surface area (Å²) >= 11 is 1.80. The first-order valence-corrected chi connectivity index (χ1v) is 10.1. The highest BCUT2D eigenvalue weighted by molar-refractivity contribution is 7.99. The van der Waals surface area contributed by atoms with E-state index in [4.69, 9.17) is 9.47 Å². The summed E-state index contributed by atoms with van der Waals surface area (Å²) in [6, 6.07) is 10.2. The van der Waals surface area contributed by atoms with Gasteiger partial charge in [0.2, 0.25) is 0 Å². The molecule has 0 saturated heterocycles. The molecule has 1 N–H and O–H groups in total. The number of rotatable bonds is 8. The molecule has 0 amide bonds. The van der Waals surface area contributed by atoms with E-state index >= 15 is 0 Å². The number of nitrogens with one attached hydrogen (secondary N) is 1. The average Bonchev–Trinajstić information content (AvgIpc) is 2.64. The zero-order chi connectivity index (χ0) is 19.8. The van der Waals surface area contributed by atoms with Crippen LogP contribution in [-0.2, 0) is 19.1 Å². The standard InChI is InChI=1S/C21H27NO4S/c1-14-18(20(23)25-4)15(2)22-16(3)19(14)21(24)26-12-8-9-13-27-17-10-6-5-7-11-17/h5-7,10-11,14,22H,8-9,12-13H2,1-4H3. The maximum absolute atomic E-state index is 12.5. The van der Waals surface area contributed by atoms with Gasteiger partial charge in [-0.25, -0.2) is 9.59 Å². The number of hydrogen-bond donors (Lipinski definition) is 1. The quantitative estimate of drug-likeness (QED) is 0.411. The van der Waals surface area contributed by atoms with Gasteiger partial charge in [-0.2, -0.15) is 0 Å². The lowest BCUT2D eigenvalue weighted by molar-refractivity contribution is -0.140. The predicted molar refractivity (Wildman–Crippen MR) is 107 cm³/mol. The Hall–Kier alpha value is -2.21. The number of benzene rings is 1. The molecule has 1 aliphatic heterocycles. The van der Waals surface area contributed by atoms with Gasteiger partial charge in [-0.1, -0.05) is 25.1 Å². The van der Waals surface area contributed by atoms with Crippen molar-refractivity contribution in [2.24, 2.45) is 5.92 Å². The van der Waals surface area contributed by atoms with E-state index in [0.717, 1.165) is 24.3 Å². The molecule has 0 aromatic heterocycles. The molecule has 0 fully saturated rings. The van der Waals surface area contributed by atoms with Gasteiger partial charge in [-0.15, -0.1) is 11.8 Å². The minimum absolute atomic E-state index is 0.361. The molecule has 1 aromatic rings. The lowest BCUT2D eigenvalue weighted by atomic mass is 9.87. The second-order valence-corrected chi connectivity index (χ2v) is 7.59. The molecule has 27 heavy (non-hydrogen) atoms. The van der Waals surface area contributed by atoms with Crippen LogP contribution in [0.25, 0.3) is 0 Å². The van der Waals surface area contributed by atoms with Gasteiger partial charge >= 0.3 is 11.9 Å². The maximum atomic E-state index is 12.5. The summed E-state index contributed by atoms with van der Waals surface area (Å²) in [5.74, 6) is -0.185. The number of carbonyl (C=O) groups excluding carboxylic acids is 2. The predicted octanol–water partition coefficient (Wildman–Crippen LogP) is 4.06. The van der Waals surface area contributed by atoms with Gasteiger partial charge in [0.1, 0.15) is 0 Å². The first-order valence-electron chi connectivity index (χ1n) is 9.07. The topological polar surface area (TPSA) is 64.6 Å². The Labute approximate surface area is 165 Å². The number of unbranched alkanes of at least 4 members (excludes halogenated alkanes) is 1. The number of allylic oxidation sites excluding steroid dienone is 2. The normalized spacial score (nSPS) is 16.8. The highest BCUT2D eigenvalue weighted by atomic mass is 32.2. The van der Waals surface area contributed by atoms with Gasteiger partial charge in [-0.05, 0) is 44.6 Å². The van der Waals surface area contributed by atoms with Crippen molar-refractivity contribution in [3.05, 3.63) is 52.9 Å². The van der Waals surface area contributed by atoms with Crippen molar-refractivity contribution in [3.63, 3.8) is 0 Å². The Morgan fingerprint density at radius 2 is 1.67 bits per heavy atom. The van der Waals surface area contributed by atoms with Crippen molar-refractivity contribution in [2.45, 2.75) is 38.5 Å². The van der Waals surface area contributed by atoms with E-state index in [1.807, 2.05) is 32.0 Å². The first kappa shape index (κ1) is 21.1. The first-order chi connectivity index (χ1) is 13.0. The molecule has 2 rings (SSSR count). The van der Waals surface area contributed by atoms with Crippen molar-refractivity contribution >= 4 is 23.7 Å². The highest BCUT2D eigenvalue weighted by Gasteiger charge is 2.33. The molecular weight excluding hydrogens is 362 g/mol. The van der Waals surface area contributed by atoms with Gasteiger partial charge in [0, 0.05) is 22.2 Å². The minimum atomic E-state index is -0.428. The molecule has 5 nitrogen and oxygen atoms in total. The van der Waals surface area contributed by atoms with Crippen LogP contribution in [0.1, 0.15) is 33.6 Å². The number of dihydropyridines is 1. The summed E-state index contributed by atoms with van der Waals surface area (Å²) in [6.07, 6.45) is 1.77. The van der Waals surface area contributed by atoms with Crippen molar-refractivity contribution in [1.82, 2.24) is 5.32 Å². The maximum Gasteiger partial charge on any atom is 0.336 e. The minimum Gasteiger partial charge on any atom is -0.466 e. The lowest BCUT2D eigenvalue weighted by Gasteiger charge is -2.27. The van der Waals surface area contributed by atoms with Gasteiger partial charge < -0.3 is 14.8 Å². The third kappa shape index (κ3) is 5.63. The fourth-order valence-electron chi connectivity index (χ4n) is 3.13.